The average molecular weight is 281 g/mol. The number of anilines is 1. The Hall–Kier alpha value is -1.03. The molecule has 4 nitrogen and oxygen atoms in total. The quantitative estimate of drug-likeness (QED) is 0.662. The minimum Gasteiger partial charge on any atom is -0.432 e. The fourth-order valence-corrected chi connectivity index (χ4v) is 2.11. The lowest BCUT2D eigenvalue weighted by Gasteiger charge is -2.24. The van der Waals surface area contributed by atoms with Crippen LogP contribution >= 0.6 is 0 Å². The van der Waals surface area contributed by atoms with E-state index >= 15 is 0 Å². The highest BCUT2D eigenvalue weighted by molar-refractivity contribution is 5.28. The van der Waals surface area contributed by atoms with Crippen molar-refractivity contribution in [2.45, 2.75) is 66.5 Å². The lowest BCUT2D eigenvalue weighted by molar-refractivity contribution is 0.501. The molecule has 0 aromatic carbocycles. The van der Waals surface area contributed by atoms with Crippen molar-refractivity contribution in [2.75, 3.05) is 18.0 Å². The number of aromatic nitrogens is 1. The van der Waals surface area contributed by atoms with Gasteiger partial charge in [0.05, 0.1) is 5.69 Å². The molecule has 4 heteroatoms. The molecule has 20 heavy (non-hydrogen) atoms. The minimum atomic E-state index is 0.418. The highest BCUT2D eigenvalue weighted by Gasteiger charge is 2.15. The lowest BCUT2D eigenvalue weighted by atomic mass is 10.2. The molecular formula is C16H31N3O. The third-order valence-corrected chi connectivity index (χ3v) is 3.27. The summed E-state index contributed by atoms with van der Waals surface area (Å²) in [7, 11) is 0. The summed E-state index contributed by atoms with van der Waals surface area (Å²) < 4.78 is 5.65. The maximum atomic E-state index is 5.65. The predicted octanol–water partition coefficient (Wildman–Crippen LogP) is 3.83. The monoisotopic (exact) mass is 281 g/mol. The van der Waals surface area contributed by atoms with Gasteiger partial charge in [0.2, 0.25) is 0 Å². The van der Waals surface area contributed by atoms with Crippen molar-refractivity contribution in [1.29, 1.82) is 0 Å². The zero-order valence-electron chi connectivity index (χ0n) is 13.8. The summed E-state index contributed by atoms with van der Waals surface area (Å²) in [6.45, 7) is 13.8. The number of nitrogens with zero attached hydrogens (tertiary/aromatic N) is 2. The summed E-state index contributed by atoms with van der Waals surface area (Å²) in [6.07, 6.45) is 5.46. The Morgan fingerprint density at radius 2 is 2.00 bits per heavy atom. The molecule has 0 aliphatic rings. The van der Waals surface area contributed by atoms with Gasteiger partial charge < -0.3 is 14.6 Å². The van der Waals surface area contributed by atoms with Gasteiger partial charge in [0.15, 0.2) is 0 Å². The first-order chi connectivity index (χ1) is 9.54. The Morgan fingerprint density at radius 1 is 1.25 bits per heavy atom. The average Bonchev–Trinajstić information content (AvgIpc) is 2.82. The van der Waals surface area contributed by atoms with Gasteiger partial charge in [0.25, 0.3) is 6.01 Å². The number of nitrogens with one attached hydrogen (secondary N) is 1. The highest BCUT2D eigenvalue weighted by Crippen LogP contribution is 2.17. The van der Waals surface area contributed by atoms with Crippen LogP contribution in [0.1, 0.15) is 59.6 Å². The van der Waals surface area contributed by atoms with Crippen LogP contribution in [-0.2, 0) is 6.54 Å². The molecule has 0 amide bonds. The molecule has 1 heterocycles. The van der Waals surface area contributed by atoms with Crippen LogP contribution in [0.4, 0.5) is 6.01 Å². The first kappa shape index (κ1) is 17.0. The van der Waals surface area contributed by atoms with E-state index in [-0.39, 0.29) is 0 Å². The molecule has 1 N–H and O–H groups in total. The van der Waals surface area contributed by atoms with E-state index in [1.807, 2.05) is 0 Å². The van der Waals surface area contributed by atoms with Gasteiger partial charge in [-0.15, -0.1) is 0 Å². The Balaban J connectivity index is 2.52. The Morgan fingerprint density at radius 3 is 2.60 bits per heavy atom. The second-order valence-corrected chi connectivity index (χ2v) is 6.14. The van der Waals surface area contributed by atoms with Crippen molar-refractivity contribution >= 4 is 6.01 Å². The third-order valence-electron chi connectivity index (χ3n) is 3.27. The standard InChI is InChI=1S/C16H31N3O/c1-6-7-8-9-19(14(4)5)16-18-15(12-20-16)11-17-10-13(2)3/h12-14,17H,6-11H2,1-5H3. The van der Waals surface area contributed by atoms with Crippen molar-refractivity contribution in [1.82, 2.24) is 10.3 Å². The van der Waals surface area contributed by atoms with E-state index in [0.29, 0.717) is 12.0 Å². The fraction of sp³-hybridized carbons (Fsp3) is 0.812. The Kier molecular flexibility index (Phi) is 7.67. The van der Waals surface area contributed by atoms with Gasteiger partial charge in [-0.25, -0.2) is 0 Å². The van der Waals surface area contributed by atoms with E-state index in [9.17, 15) is 0 Å². The highest BCUT2D eigenvalue weighted by atomic mass is 16.4. The van der Waals surface area contributed by atoms with Crippen LogP contribution in [-0.4, -0.2) is 24.1 Å². The van der Waals surface area contributed by atoms with Crippen molar-refractivity contribution in [3.63, 3.8) is 0 Å². The van der Waals surface area contributed by atoms with Gasteiger partial charge in [0, 0.05) is 19.1 Å². The van der Waals surface area contributed by atoms with Crippen LogP contribution in [0.2, 0.25) is 0 Å². The molecule has 0 aliphatic heterocycles. The lowest BCUT2D eigenvalue weighted by Crippen LogP contribution is -2.32. The molecule has 0 aliphatic carbocycles. The predicted molar refractivity (Wildman–Crippen MR) is 85.1 cm³/mol. The molecular weight excluding hydrogens is 250 g/mol. The molecule has 0 spiro atoms. The first-order valence-corrected chi connectivity index (χ1v) is 7.96. The van der Waals surface area contributed by atoms with Crippen LogP contribution in [0.3, 0.4) is 0 Å². The largest absolute Gasteiger partial charge is 0.432 e. The van der Waals surface area contributed by atoms with Crippen LogP contribution in [0.5, 0.6) is 0 Å². The molecule has 116 valence electrons. The molecule has 0 bridgehead atoms. The van der Waals surface area contributed by atoms with E-state index in [2.05, 4.69) is 49.8 Å². The van der Waals surface area contributed by atoms with Gasteiger partial charge in [-0.2, -0.15) is 4.98 Å². The maximum absolute atomic E-state index is 5.65. The van der Waals surface area contributed by atoms with E-state index in [1.165, 1.54) is 19.3 Å². The summed E-state index contributed by atoms with van der Waals surface area (Å²) in [5, 5.41) is 3.39. The van der Waals surface area contributed by atoms with Crippen molar-refractivity contribution < 1.29 is 4.42 Å². The summed E-state index contributed by atoms with van der Waals surface area (Å²) >= 11 is 0. The second kappa shape index (κ2) is 9.01. The number of hydrogen-bond donors (Lipinski definition) is 1. The number of oxazole rings is 1. The van der Waals surface area contributed by atoms with E-state index < -0.39 is 0 Å². The van der Waals surface area contributed by atoms with Gasteiger partial charge in [0.1, 0.15) is 6.26 Å². The molecule has 1 rings (SSSR count). The van der Waals surface area contributed by atoms with Gasteiger partial charge in [-0.05, 0) is 32.7 Å². The molecule has 1 aromatic heterocycles. The van der Waals surface area contributed by atoms with Crippen molar-refractivity contribution in [3.8, 4) is 0 Å². The van der Waals surface area contributed by atoms with E-state index in [4.69, 9.17) is 4.42 Å². The summed E-state index contributed by atoms with van der Waals surface area (Å²) in [5.41, 5.74) is 0.988. The molecule has 0 fully saturated rings. The normalized spacial score (nSPS) is 11.6. The summed E-state index contributed by atoms with van der Waals surface area (Å²) in [4.78, 5) is 6.86. The smallest absolute Gasteiger partial charge is 0.297 e. The topological polar surface area (TPSA) is 41.3 Å². The van der Waals surface area contributed by atoms with Crippen LogP contribution in [0.15, 0.2) is 10.7 Å². The summed E-state index contributed by atoms with van der Waals surface area (Å²) in [5.74, 6) is 0.655. The van der Waals surface area contributed by atoms with Crippen LogP contribution < -0.4 is 10.2 Å². The molecule has 0 atom stereocenters. The van der Waals surface area contributed by atoms with Gasteiger partial charge in [-0.1, -0.05) is 33.6 Å². The summed E-state index contributed by atoms with van der Waals surface area (Å²) in [6, 6.07) is 1.18. The zero-order chi connectivity index (χ0) is 15.0. The number of hydrogen-bond acceptors (Lipinski definition) is 4. The van der Waals surface area contributed by atoms with Crippen LogP contribution in [0, 0.1) is 5.92 Å². The number of rotatable bonds is 10. The minimum absolute atomic E-state index is 0.418. The molecule has 0 saturated heterocycles. The molecule has 0 unspecified atom stereocenters. The Labute approximate surface area is 123 Å². The van der Waals surface area contributed by atoms with Crippen molar-refractivity contribution in [2.24, 2.45) is 5.92 Å². The van der Waals surface area contributed by atoms with Gasteiger partial charge in [-0.3, -0.25) is 0 Å². The van der Waals surface area contributed by atoms with Gasteiger partial charge >= 0.3 is 0 Å². The fourth-order valence-electron chi connectivity index (χ4n) is 2.11. The van der Waals surface area contributed by atoms with Crippen LogP contribution in [0.25, 0.3) is 0 Å². The van der Waals surface area contributed by atoms with Crippen molar-refractivity contribution in [3.05, 3.63) is 12.0 Å². The Bertz CT molecular complexity index is 360. The zero-order valence-corrected chi connectivity index (χ0v) is 13.8. The maximum Gasteiger partial charge on any atom is 0.297 e. The SMILES string of the molecule is CCCCCN(c1nc(CNCC(C)C)co1)C(C)C. The molecule has 1 aromatic rings. The second-order valence-electron chi connectivity index (χ2n) is 6.14. The first-order valence-electron chi connectivity index (χ1n) is 7.96. The number of unbranched alkanes of at least 4 members (excludes halogenated alkanes) is 2. The van der Waals surface area contributed by atoms with E-state index in [0.717, 1.165) is 31.3 Å². The third kappa shape index (κ3) is 5.95. The molecule has 0 radical (unpaired) electrons. The molecule has 0 saturated carbocycles. The van der Waals surface area contributed by atoms with E-state index in [1.54, 1.807) is 6.26 Å².